The molecular formula is C20H26FN3O2. The Morgan fingerprint density at radius 3 is 2.92 bits per heavy atom. The van der Waals surface area contributed by atoms with Crippen LogP contribution in [0.5, 0.6) is 0 Å². The van der Waals surface area contributed by atoms with Crippen molar-refractivity contribution in [3.8, 4) is 5.69 Å². The zero-order valence-electron chi connectivity index (χ0n) is 15.4. The van der Waals surface area contributed by atoms with Gasteiger partial charge in [-0.15, -0.1) is 0 Å². The van der Waals surface area contributed by atoms with Gasteiger partial charge in [0.1, 0.15) is 5.82 Å². The van der Waals surface area contributed by atoms with Crippen molar-refractivity contribution in [3.05, 3.63) is 48.0 Å². The van der Waals surface area contributed by atoms with Crippen molar-refractivity contribution in [2.45, 2.75) is 50.0 Å². The van der Waals surface area contributed by atoms with Gasteiger partial charge >= 0.3 is 0 Å². The minimum Gasteiger partial charge on any atom is -0.381 e. The van der Waals surface area contributed by atoms with E-state index >= 15 is 0 Å². The first-order valence-electron chi connectivity index (χ1n) is 9.25. The van der Waals surface area contributed by atoms with E-state index in [-0.39, 0.29) is 17.5 Å². The summed E-state index contributed by atoms with van der Waals surface area (Å²) in [4.78, 5) is 2.43. The molecule has 0 N–H and O–H groups in total. The summed E-state index contributed by atoms with van der Waals surface area (Å²) in [6, 6.07) is 7.09. The summed E-state index contributed by atoms with van der Waals surface area (Å²) < 4.78 is 27.4. The molecule has 6 heteroatoms. The lowest BCUT2D eigenvalue weighted by atomic mass is 9.79. The van der Waals surface area contributed by atoms with E-state index < -0.39 is 0 Å². The standard InChI is InChI=1S/C20H26FN3O2/c1-25-17-6-7-20(26-2)8-11-23(19(20)13-17)14-15-12-16(21)4-5-18(15)24-10-3-9-22-24/h3-5,9-10,12,17,19H,6-8,11,13-14H2,1-2H3/t17-,19-,20+/m0/s1. The third kappa shape index (κ3) is 3.06. The van der Waals surface area contributed by atoms with Crippen LogP contribution in [0.2, 0.25) is 0 Å². The van der Waals surface area contributed by atoms with Crippen LogP contribution in [-0.2, 0) is 16.0 Å². The number of methoxy groups -OCH3 is 2. The maximum atomic E-state index is 14.0. The van der Waals surface area contributed by atoms with Crippen LogP contribution >= 0.6 is 0 Å². The molecule has 1 aromatic carbocycles. The van der Waals surface area contributed by atoms with E-state index in [1.165, 1.54) is 6.07 Å². The largest absolute Gasteiger partial charge is 0.381 e. The number of hydrogen-bond donors (Lipinski definition) is 0. The number of hydrogen-bond acceptors (Lipinski definition) is 4. The molecule has 5 nitrogen and oxygen atoms in total. The summed E-state index contributed by atoms with van der Waals surface area (Å²) in [5, 5.41) is 4.32. The van der Waals surface area contributed by atoms with Gasteiger partial charge in [0.25, 0.3) is 0 Å². The quantitative estimate of drug-likeness (QED) is 0.822. The zero-order chi connectivity index (χ0) is 18.1. The average Bonchev–Trinajstić information content (AvgIpc) is 3.30. The molecular weight excluding hydrogens is 333 g/mol. The molecule has 1 saturated carbocycles. The lowest BCUT2D eigenvalue weighted by Crippen LogP contribution is -2.51. The number of aromatic nitrogens is 2. The minimum absolute atomic E-state index is 0.103. The van der Waals surface area contributed by atoms with Crippen LogP contribution in [0.4, 0.5) is 4.39 Å². The van der Waals surface area contributed by atoms with Gasteiger partial charge in [0, 0.05) is 45.7 Å². The summed E-state index contributed by atoms with van der Waals surface area (Å²) in [6.45, 7) is 1.63. The Kier molecular flexibility index (Phi) is 4.82. The second kappa shape index (κ2) is 7.10. The molecule has 0 unspecified atom stereocenters. The lowest BCUT2D eigenvalue weighted by Gasteiger charge is -2.43. The fourth-order valence-electron chi connectivity index (χ4n) is 4.69. The Hall–Kier alpha value is -1.76. The maximum Gasteiger partial charge on any atom is 0.123 e. The highest BCUT2D eigenvalue weighted by Gasteiger charge is 2.51. The molecule has 0 spiro atoms. The number of fused-ring (bicyclic) bond motifs is 1. The highest BCUT2D eigenvalue weighted by atomic mass is 19.1. The molecule has 140 valence electrons. The Morgan fingerprint density at radius 1 is 1.31 bits per heavy atom. The van der Waals surface area contributed by atoms with Crippen LogP contribution in [0, 0.1) is 5.82 Å². The molecule has 2 aromatic rings. The van der Waals surface area contributed by atoms with Crippen molar-refractivity contribution >= 4 is 0 Å². The molecule has 1 saturated heterocycles. The third-order valence-corrected chi connectivity index (χ3v) is 6.15. The van der Waals surface area contributed by atoms with Gasteiger partial charge in [-0.3, -0.25) is 4.90 Å². The van der Waals surface area contributed by atoms with Gasteiger partial charge in [-0.2, -0.15) is 5.10 Å². The molecule has 0 radical (unpaired) electrons. The summed E-state index contributed by atoms with van der Waals surface area (Å²) in [5.41, 5.74) is 1.76. The smallest absolute Gasteiger partial charge is 0.123 e. The van der Waals surface area contributed by atoms with E-state index in [0.29, 0.717) is 12.6 Å². The Morgan fingerprint density at radius 2 is 2.19 bits per heavy atom. The molecule has 1 aromatic heterocycles. The Labute approximate surface area is 153 Å². The average molecular weight is 359 g/mol. The zero-order valence-corrected chi connectivity index (χ0v) is 15.4. The van der Waals surface area contributed by atoms with Crippen LogP contribution in [0.15, 0.2) is 36.7 Å². The minimum atomic E-state index is -0.216. The molecule has 0 amide bonds. The Balaban J connectivity index is 1.62. The van der Waals surface area contributed by atoms with Crippen molar-refractivity contribution in [3.63, 3.8) is 0 Å². The summed E-state index contributed by atoms with van der Waals surface area (Å²) >= 11 is 0. The van der Waals surface area contributed by atoms with E-state index in [2.05, 4.69) is 10.00 Å². The van der Waals surface area contributed by atoms with Crippen molar-refractivity contribution in [2.75, 3.05) is 20.8 Å². The third-order valence-electron chi connectivity index (χ3n) is 6.15. The highest BCUT2D eigenvalue weighted by molar-refractivity contribution is 5.41. The number of likely N-dealkylation sites (tertiary alicyclic amines) is 1. The first-order chi connectivity index (χ1) is 12.6. The van der Waals surface area contributed by atoms with Gasteiger partial charge in [-0.05, 0) is 55.5 Å². The molecule has 0 bridgehead atoms. The molecule has 3 atom stereocenters. The molecule has 1 aliphatic carbocycles. The van der Waals surface area contributed by atoms with Crippen LogP contribution in [0.25, 0.3) is 5.69 Å². The van der Waals surface area contributed by atoms with Crippen molar-refractivity contribution in [2.24, 2.45) is 0 Å². The summed E-state index contributed by atoms with van der Waals surface area (Å²) in [5.74, 6) is -0.216. The van der Waals surface area contributed by atoms with E-state index in [1.54, 1.807) is 30.1 Å². The SMILES string of the molecule is CO[C@H]1CC[C@@]2(OC)CCN(Cc3cc(F)ccc3-n3cccn3)[C@H]2C1. The molecule has 2 aliphatic rings. The number of halogens is 1. The van der Waals surface area contributed by atoms with Gasteiger partial charge in [0.2, 0.25) is 0 Å². The predicted octanol–water partition coefficient (Wildman–Crippen LogP) is 3.17. The van der Waals surface area contributed by atoms with Crippen molar-refractivity contribution in [1.82, 2.24) is 14.7 Å². The van der Waals surface area contributed by atoms with Gasteiger partial charge in [-0.1, -0.05) is 0 Å². The Bertz CT molecular complexity index is 752. The summed E-state index contributed by atoms with van der Waals surface area (Å²) in [6.07, 6.45) is 7.91. The van der Waals surface area contributed by atoms with Crippen LogP contribution < -0.4 is 0 Å². The number of nitrogens with zero attached hydrogens (tertiary/aromatic N) is 3. The fourth-order valence-corrected chi connectivity index (χ4v) is 4.69. The first kappa shape index (κ1) is 17.6. The maximum absolute atomic E-state index is 14.0. The molecule has 4 rings (SSSR count). The van der Waals surface area contributed by atoms with Gasteiger partial charge in [-0.25, -0.2) is 9.07 Å². The number of ether oxygens (including phenoxy) is 2. The van der Waals surface area contributed by atoms with Gasteiger partial charge in [0.15, 0.2) is 0 Å². The predicted molar refractivity (Wildman–Crippen MR) is 96.7 cm³/mol. The topological polar surface area (TPSA) is 39.5 Å². The van der Waals surface area contributed by atoms with Crippen molar-refractivity contribution in [1.29, 1.82) is 0 Å². The fraction of sp³-hybridized carbons (Fsp3) is 0.550. The monoisotopic (exact) mass is 359 g/mol. The second-order valence-electron chi connectivity index (χ2n) is 7.36. The second-order valence-corrected chi connectivity index (χ2v) is 7.36. The molecule has 26 heavy (non-hydrogen) atoms. The van der Waals surface area contributed by atoms with E-state index in [0.717, 1.165) is 43.5 Å². The normalized spacial score (nSPS) is 29.0. The lowest BCUT2D eigenvalue weighted by molar-refractivity contribution is -0.0947. The van der Waals surface area contributed by atoms with Crippen LogP contribution in [-0.4, -0.2) is 53.2 Å². The van der Waals surface area contributed by atoms with E-state index in [1.807, 2.05) is 19.4 Å². The van der Waals surface area contributed by atoms with Gasteiger partial charge in [0.05, 0.1) is 17.4 Å². The van der Waals surface area contributed by atoms with Crippen LogP contribution in [0.1, 0.15) is 31.2 Å². The van der Waals surface area contributed by atoms with Crippen molar-refractivity contribution < 1.29 is 13.9 Å². The molecule has 2 fully saturated rings. The van der Waals surface area contributed by atoms with Crippen LogP contribution in [0.3, 0.4) is 0 Å². The first-order valence-corrected chi connectivity index (χ1v) is 9.25. The number of rotatable bonds is 5. The van der Waals surface area contributed by atoms with E-state index in [9.17, 15) is 4.39 Å². The highest BCUT2D eigenvalue weighted by Crippen LogP contribution is 2.43. The molecule has 2 heterocycles. The number of benzene rings is 1. The van der Waals surface area contributed by atoms with E-state index in [4.69, 9.17) is 9.47 Å². The van der Waals surface area contributed by atoms with Gasteiger partial charge < -0.3 is 9.47 Å². The summed E-state index contributed by atoms with van der Waals surface area (Å²) in [7, 11) is 3.60. The molecule has 1 aliphatic heterocycles.